The highest BCUT2D eigenvalue weighted by Gasteiger charge is 2.30. The van der Waals surface area contributed by atoms with Crippen LogP contribution < -0.4 is 10.6 Å². The number of urea groups is 1. The van der Waals surface area contributed by atoms with E-state index in [0.717, 1.165) is 12.8 Å². The van der Waals surface area contributed by atoms with Gasteiger partial charge in [-0.3, -0.25) is 4.79 Å². The van der Waals surface area contributed by atoms with E-state index in [1.54, 1.807) is 38.4 Å². The smallest absolute Gasteiger partial charge is 0.321 e. The number of rotatable bonds is 7. The number of hydrogen-bond donors (Lipinski definition) is 2. The van der Waals surface area contributed by atoms with Gasteiger partial charge in [0.1, 0.15) is 0 Å². The molecule has 0 heterocycles. The van der Waals surface area contributed by atoms with Gasteiger partial charge in [-0.1, -0.05) is 32.4 Å². The van der Waals surface area contributed by atoms with Gasteiger partial charge in [0.2, 0.25) is 5.91 Å². The molecule has 3 amide bonds. The van der Waals surface area contributed by atoms with Gasteiger partial charge in [-0.05, 0) is 31.0 Å². The minimum atomic E-state index is -0.473. The van der Waals surface area contributed by atoms with E-state index in [-0.39, 0.29) is 11.9 Å². The summed E-state index contributed by atoms with van der Waals surface area (Å²) in [7, 11) is 3.35. The molecule has 0 spiro atoms. The number of allylic oxidation sites excluding steroid dienone is 1. The zero-order valence-electron chi connectivity index (χ0n) is 14.5. The summed E-state index contributed by atoms with van der Waals surface area (Å²) in [5.74, 6) is -0.0321. The third-order valence-corrected chi connectivity index (χ3v) is 3.72. The zero-order valence-corrected chi connectivity index (χ0v) is 14.5. The molecule has 0 aliphatic carbocycles. The van der Waals surface area contributed by atoms with Crippen molar-refractivity contribution in [2.75, 3.05) is 24.7 Å². The number of nitrogens with one attached hydrogen (secondary N) is 2. The second-order valence-corrected chi connectivity index (χ2v) is 6.16. The highest BCUT2D eigenvalue weighted by atomic mass is 16.2. The van der Waals surface area contributed by atoms with Gasteiger partial charge >= 0.3 is 6.03 Å². The third kappa shape index (κ3) is 5.43. The van der Waals surface area contributed by atoms with Crippen molar-refractivity contribution in [2.45, 2.75) is 33.1 Å². The molecule has 0 aromatic heterocycles. The summed E-state index contributed by atoms with van der Waals surface area (Å²) < 4.78 is 0. The number of amides is 3. The summed E-state index contributed by atoms with van der Waals surface area (Å²) in [6.45, 7) is 7.76. The molecule has 2 N–H and O–H groups in total. The summed E-state index contributed by atoms with van der Waals surface area (Å²) >= 11 is 0. The molecule has 0 bridgehead atoms. The minimum Gasteiger partial charge on any atom is -0.331 e. The maximum absolute atomic E-state index is 12.6. The SMILES string of the molecule is C=CCC(C)(CCC)C(=O)Nc1cccc(NC(=O)N(C)C)c1. The molecule has 0 radical (unpaired) electrons. The molecule has 1 unspecified atom stereocenters. The van der Waals surface area contributed by atoms with Crippen molar-refractivity contribution in [3.05, 3.63) is 36.9 Å². The highest BCUT2D eigenvalue weighted by molar-refractivity contribution is 5.96. The molecule has 0 saturated heterocycles. The van der Waals surface area contributed by atoms with Crippen molar-refractivity contribution >= 4 is 23.3 Å². The Morgan fingerprint density at radius 3 is 2.39 bits per heavy atom. The van der Waals surface area contributed by atoms with Gasteiger partial charge < -0.3 is 15.5 Å². The van der Waals surface area contributed by atoms with Crippen molar-refractivity contribution in [1.82, 2.24) is 4.90 Å². The monoisotopic (exact) mass is 317 g/mol. The van der Waals surface area contributed by atoms with Crippen LogP contribution in [0.1, 0.15) is 33.1 Å². The fourth-order valence-electron chi connectivity index (χ4n) is 2.37. The molecule has 1 aromatic carbocycles. The molecular weight excluding hydrogens is 290 g/mol. The van der Waals surface area contributed by atoms with Crippen LogP contribution in [0.25, 0.3) is 0 Å². The fraction of sp³-hybridized carbons (Fsp3) is 0.444. The first-order valence-electron chi connectivity index (χ1n) is 7.83. The lowest BCUT2D eigenvalue weighted by atomic mass is 9.81. The Bertz CT molecular complexity index is 569. The fourth-order valence-corrected chi connectivity index (χ4v) is 2.37. The van der Waals surface area contributed by atoms with Crippen molar-refractivity contribution in [3.63, 3.8) is 0 Å². The molecule has 0 aliphatic rings. The third-order valence-electron chi connectivity index (χ3n) is 3.72. The number of nitrogens with zero attached hydrogens (tertiary/aromatic N) is 1. The Morgan fingerprint density at radius 2 is 1.87 bits per heavy atom. The van der Waals surface area contributed by atoms with Crippen LogP contribution >= 0.6 is 0 Å². The van der Waals surface area contributed by atoms with Crippen LogP contribution in [-0.4, -0.2) is 30.9 Å². The van der Waals surface area contributed by atoms with Crippen molar-refractivity contribution < 1.29 is 9.59 Å². The van der Waals surface area contributed by atoms with E-state index in [1.807, 2.05) is 13.0 Å². The van der Waals surface area contributed by atoms with Crippen LogP contribution in [0.3, 0.4) is 0 Å². The van der Waals surface area contributed by atoms with Gasteiger partial charge in [-0.25, -0.2) is 4.79 Å². The summed E-state index contributed by atoms with van der Waals surface area (Å²) in [5, 5.41) is 5.71. The lowest BCUT2D eigenvalue weighted by molar-refractivity contribution is -0.125. The maximum Gasteiger partial charge on any atom is 0.321 e. The average molecular weight is 317 g/mol. The first kappa shape index (κ1) is 18.7. The first-order chi connectivity index (χ1) is 10.8. The van der Waals surface area contributed by atoms with Crippen LogP contribution in [0.5, 0.6) is 0 Å². The Kier molecular flexibility index (Phi) is 6.82. The van der Waals surface area contributed by atoms with Crippen LogP contribution in [0.15, 0.2) is 36.9 Å². The standard InChI is InChI=1S/C18H27N3O2/c1-6-11-18(3,12-7-2)16(22)19-14-9-8-10-15(13-14)20-17(23)21(4)5/h6,8-10,13H,1,7,11-12H2,2-5H3,(H,19,22)(H,20,23). The number of carbonyl (C=O) groups is 2. The van der Waals surface area contributed by atoms with E-state index < -0.39 is 5.41 Å². The molecule has 0 fully saturated rings. The van der Waals surface area contributed by atoms with Crippen LogP contribution in [0.2, 0.25) is 0 Å². The molecule has 5 heteroatoms. The molecule has 1 rings (SSSR count). The van der Waals surface area contributed by atoms with Gasteiger partial charge in [-0.2, -0.15) is 0 Å². The van der Waals surface area contributed by atoms with Gasteiger partial charge in [0.05, 0.1) is 5.41 Å². The zero-order chi connectivity index (χ0) is 17.5. The van der Waals surface area contributed by atoms with Crippen molar-refractivity contribution in [3.8, 4) is 0 Å². The van der Waals surface area contributed by atoms with Crippen molar-refractivity contribution in [2.24, 2.45) is 5.41 Å². The normalized spacial score (nSPS) is 12.9. The van der Waals surface area contributed by atoms with Crippen LogP contribution in [-0.2, 0) is 4.79 Å². The number of anilines is 2. The lowest BCUT2D eigenvalue weighted by Crippen LogP contribution is -2.33. The predicted molar refractivity (Wildman–Crippen MR) is 95.6 cm³/mol. The molecule has 5 nitrogen and oxygen atoms in total. The second kappa shape index (κ2) is 8.36. The second-order valence-electron chi connectivity index (χ2n) is 6.16. The summed E-state index contributed by atoms with van der Waals surface area (Å²) in [4.78, 5) is 25.7. The van der Waals surface area contributed by atoms with E-state index in [1.165, 1.54) is 4.90 Å². The molecule has 1 aromatic rings. The Balaban J connectivity index is 2.85. The van der Waals surface area contributed by atoms with Gasteiger partial charge in [-0.15, -0.1) is 6.58 Å². The average Bonchev–Trinajstić information content (AvgIpc) is 2.47. The predicted octanol–water partition coefficient (Wildman–Crippen LogP) is 4.10. The minimum absolute atomic E-state index is 0.0321. The number of benzene rings is 1. The van der Waals surface area contributed by atoms with Gasteiger partial charge in [0.15, 0.2) is 0 Å². The largest absolute Gasteiger partial charge is 0.331 e. The maximum atomic E-state index is 12.6. The lowest BCUT2D eigenvalue weighted by Gasteiger charge is -2.26. The Morgan fingerprint density at radius 1 is 1.26 bits per heavy atom. The van der Waals surface area contributed by atoms with Crippen LogP contribution in [0.4, 0.5) is 16.2 Å². The summed E-state index contributed by atoms with van der Waals surface area (Å²) in [6, 6.07) is 6.93. The quantitative estimate of drug-likeness (QED) is 0.744. The molecular formula is C18H27N3O2. The Labute approximate surface area is 138 Å². The Hall–Kier alpha value is -2.30. The number of carbonyl (C=O) groups excluding carboxylic acids is 2. The van der Waals surface area contributed by atoms with E-state index in [2.05, 4.69) is 24.1 Å². The van der Waals surface area contributed by atoms with Gasteiger partial charge in [0.25, 0.3) is 0 Å². The van der Waals surface area contributed by atoms with Crippen molar-refractivity contribution in [1.29, 1.82) is 0 Å². The molecule has 1 atom stereocenters. The molecule has 0 aliphatic heterocycles. The molecule has 23 heavy (non-hydrogen) atoms. The number of hydrogen-bond acceptors (Lipinski definition) is 2. The van der Waals surface area contributed by atoms with E-state index in [0.29, 0.717) is 17.8 Å². The van der Waals surface area contributed by atoms with Gasteiger partial charge in [0, 0.05) is 25.5 Å². The molecule has 126 valence electrons. The first-order valence-corrected chi connectivity index (χ1v) is 7.83. The summed E-state index contributed by atoms with van der Waals surface area (Å²) in [6.07, 6.45) is 4.13. The van der Waals surface area contributed by atoms with E-state index >= 15 is 0 Å². The summed E-state index contributed by atoms with van der Waals surface area (Å²) in [5.41, 5.74) is 0.833. The molecule has 0 saturated carbocycles. The topological polar surface area (TPSA) is 61.4 Å². The van der Waals surface area contributed by atoms with E-state index in [4.69, 9.17) is 0 Å². The highest BCUT2D eigenvalue weighted by Crippen LogP contribution is 2.30. The van der Waals surface area contributed by atoms with Crippen LogP contribution in [0, 0.1) is 5.41 Å². The van der Waals surface area contributed by atoms with E-state index in [9.17, 15) is 9.59 Å².